The number of esters is 1. The van der Waals surface area contributed by atoms with E-state index in [1.807, 2.05) is 18.2 Å². The Balaban J connectivity index is 3.28. The molecular formula is C12H20O2. The number of carbonyl (C=O) groups excluding carboxylic acids is 1. The molecule has 0 atom stereocenters. The Morgan fingerprint density at radius 3 is 2.57 bits per heavy atom. The van der Waals surface area contributed by atoms with Crippen LogP contribution in [0.2, 0.25) is 0 Å². The van der Waals surface area contributed by atoms with Crippen LogP contribution in [0.3, 0.4) is 0 Å². The number of hydrogen-bond acceptors (Lipinski definition) is 2. The van der Waals surface area contributed by atoms with Gasteiger partial charge in [-0.25, -0.2) is 0 Å². The topological polar surface area (TPSA) is 26.3 Å². The van der Waals surface area contributed by atoms with E-state index in [1.54, 1.807) is 0 Å². The molecular weight excluding hydrogens is 176 g/mol. The lowest BCUT2D eigenvalue weighted by Crippen LogP contribution is -1.96. The predicted octanol–water partition coefficient (Wildman–Crippen LogP) is 3.24. The van der Waals surface area contributed by atoms with Gasteiger partial charge in [0.1, 0.15) is 6.61 Å². The lowest BCUT2D eigenvalue weighted by Gasteiger charge is -1.93. The van der Waals surface area contributed by atoms with Gasteiger partial charge in [0.05, 0.1) is 0 Å². The van der Waals surface area contributed by atoms with Gasteiger partial charge in [-0.15, -0.1) is 0 Å². The van der Waals surface area contributed by atoms with Crippen LogP contribution >= 0.6 is 0 Å². The van der Waals surface area contributed by atoms with E-state index < -0.39 is 0 Å². The summed E-state index contributed by atoms with van der Waals surface area (Å²) in [6.07, 6.45) is 12.8. The third kappa shape index (κ3) is 11.0. The maximum Gasteiger partial charge on any atom is 0.302 e. The molecule has 2 nitrogen and oxygen atoms in total. The largest absolute Gasteiger partial charge is 0.462 e. The molecule has 0 radical (unpaired) electrons. The second kappa shape index (κ2) is 10.0. The molecule has 0 aromatic rings. The van der Waals surface area contributed by atoms with Crippen LogP contribution in [0.15, 0.2) is 24.3 Å². The van der Waals surface area contributed by atoms with Crippen LogP contribution in [0.4, 0.5) is 0 Å². The van der Waals surface area contributed by atoms with Crippen molar-refractivity contribution >= 4 is 5.97 Å². The normalized spacial score (nSPS) is 11.3. The highest BCUT2D eigenvalue weighted by Crippen LogP contribution is 1.99. The predicted molar refractivity (Wildman–Crippen MR) is 59.1 cm³/mol. The zero-order valence-corrected chi connectivity index (χ0v) is 9.16. The van der Waals surface area contributed by atoms with Gasteiger partial charge in [0.15, 0.2) is 0 Å². The summed E-state index contributed by atoms with van der Waals surface area (Å²) in [5, 5.41) is 0. The van der Waals surface area contributed by atoms with Crippen LogP contribution < -0.4 is 0 Å². The van der Waals surface area contributed by atoms with Crippen molar-refractivity contribution in [3.8, 4) is 0 Å². The van der Waals surface area contributed by atoms with Gasteiger partial charge in [-0.2, -0.15) is 0 Å². The molecule has 0 saturated carbocycles. The molecule has 2 heteroatoms. The second-order valence-corrected chi connectivity index (χ2v) is 3.15. The summed E-state index contributed by atoms with van der Waals surface area (Å²) in [4.78, 5) is 10.4. The molecule has 14 heavy (non-hydrogen) atoms. The van der Waals surface area contributed by atoms with E-state index in [4.69, 9.17) is 4.74 Å². The third-order valence-electron chi connectivity index (χ3n) is 1.74. The standard InChI is InChI=1S/C12H20O2/c1-3-4-5-6-7-8-9-10-11-14-12(2)13/h7-10H,3-6,11H2,1-2H3/b8-7+,10-9+. The van der Waals surface area contributed by atoms with Gasteiger partial charge < -0.3 is 4.74 Å². The van der Waals surface area contributed by atoms with Crippen molar-refractivity contribution in [2.75, 3.05) is 6.61 Å². The van der Waals surface area contributed by atoms with E-state index in [0.29, 0.717) is 6.61 Å². The maximum atomic E-state index is 10.4. The van der Waals surface area contributed by atoms with Gasteiger partial charge in [0.2, 0.25) is 0 Å². The summed E-state index contributed by atoms with van der Waals surface area (Å²) in [6, 6.07) is 0. The first-order valence-corrected chi connectivity index (χ1v) is 5.22. The van der Waals surface area contributed by atoms with Crippen LogP contribution in [0.5, 0.6) is 0 Å². The lowest BCUT2D eigenvalue weighted by molar-refractivity contribution is -0.139. The first-order chi connectivity index (χ1) is 6.77. The van der Waals surface area contributed by atoms with E-state index in [9.17, 15) is 4.79 Å². The van der Waals surface area contributed by atoms with Crippen LogP contribution in [-0.4, -0.2) is 12.6 Å². The Bertz CT molecular complexity index is 192. The number of unbranched alkanes of at least 4 members (excludes halogenated alkanes) is 3. The monoisotopic (exact) mass is 196 g/mol. The minimum absolute atomic E-state index is 0.235. The van der Waals surface area contributed by atoms with Gasteiger partial charge in [-0.05, 0) is 18.9 Å². The molecule has 0 heterocycles. The molecule has 0 aliphatic rings. The summed E-state index contributed by atoms with van der Waals surface area (Å²) in [5.74, 6) is -0.235. The van der Waals surface area contributed by atoms with Crippen LogP contribution in [-0.2, 0) is 9.53 Å². The molecule has 0 aromatic carbocycles. The third-order valence-corrected chi connectivity index (χ3v) is 1.74. The number of rotatable bonds is 7. The van der Waals surface area contributed by atoms with Crippen molar-refractivity contribution in [1.82, 2.24) is 0 Å². The average Bonchev–Trinajstić information content (AvgIpc) is 2.15. The van der Waals surface area contributed by atoms with Crippen molar-refractivity contribution in [2.24, 2.45) is 0 Å². The fourth-order valence-corrected chi connectivity index (χ4v) is 0.987. The molecule has 0 aromatic heterocycles. The van der Waals surface area contributed by atoms with Gasteiger partial charge >= 0.3 is 5.97 Å². The molecule has 0 saturated heterocycles. The second-order valence-electron chi connectivity index (χ2n) is 3.15. The van der Waals surface area contributed by atoms with Gasteiger partial charge in [0.25, 0.3) is 0 Å². The summed E-state index contributed by atoms with van der Waals surface area (Å²) in [5.41, 5.74) is 0. The molecule has 0 spiro atoms. The highest BCUT2D eigenvalue weighted by atomic mass is 16.5. The average molecular weight is 196 g/mol. The smallest absolute Gasteiger partial charge is 0.302 e. The highest BCUT2D eigenvalue weighted by molar-refractivity contribution is 5.65. The molecule has 0 bridgehead atoms. The fraction of sp³-hybridized carbons (Fsp3) is 0.583. The number of carbonyl (C=O) groups is 1. The Morgan fingerprint density at radius 1 is 1.21 bits per heavy atom. The molecule has 0 fully saturated rings. The SMILES string of the molecule is CCCCC/C=C/C=C/COC(C)=O. The van der Waals surface area contributed by atoms with Crippen molar-refractivity contribution in [1.29, 1.82) is 0 Å². The zero-order valence-electron chi connectivity index (χ0n) is 9.16. The minimum atomic E-state index is -0.235. The molecule has 80 valence electrons. The van der Waals surface area contributed by atoms with Crippen molar-refractivity contribution < 1.29 is 9.53 Å². The minimum Gasteiger partial charge on any atom is -0.462 e. The van der Waals surface area contributed by atoms with E-state index in [0.717, 1.165) is 6.42 Å². The first-order valence-electron chi connectivity index (χ1n) is 5.22. The first kappa shape index (κ1) is 12.9. The Morgan fingerprint density at radius 2 is 1.93 bits per heavy atom. The molecule has 0 N–H and O–H groups in total. The zero-order chi connectivity index (χ0) is 10.6. The summed E-state index contributed by atoms with van der Waals surface area (Å²) in [6.45, 7) is 3.98. The maximum absolute atomic E-state index is 10.4. The summed E-state index contributed by atoms with van der Waals surface area (Å²) < 4.78 is 4.73. The van der Waals surface area contributed by atoms with Gasteiger partial charge in [0, 0.05) is 6.92 Å². The number of hydrogen-bond donors (Lipinski definition) is 0. The molecule has 0 aliphatic heterocycles. The number of ether oxygens (including phenoxy) is 1. The van der Waals surface area contributed by atoms with E-state index in [1.165, 1.54) is 26.2 Å². The highest BCUT2D eigenvalue weighted by Gasteiger charge is 1.85. The fourth-order valence-electron chi connectivity index (χ4n) is 0.987. The van der Waals surface area contributed by atoms with Crippen molar-refractivity contribution in [3.63, 3.8) is 0 Å². The van der Waals surface area contributed by atoms with Crippen LogP contribution in [0.25, 0.3) is 0 Å². The Hall–Kier alpha value is -1.05. The summed E-state index contributed by atoms with van der Waals surface area (Å²) in [7, 11) is 0. The lowest BCUT2D eigenvalue weighted by atomic mass is 10.2. The van der Waals surface area contributed by atoms with E-state index >= 15 is 0 Å². The molecule has 0 rings (SSSR count). The molecule has 0 unspecified atom stereocenters. The summed E-state index contributed by atoms with van der Waals surface area (Å²) >= 11 is 0. The Kier molecular flexibility index (Phi) is 9.28. The van der Waals surface area contributed by atoms with Crippen LogP contribution in [0.1, 0.15) is 39.5 Å². The Labute approximate surface area is 86.6 Å². The molecule has 0 aliphatic carbocycles. The van der Waals surface area contributed by atoms with Gasteiger partial charge in [-0.1, -0.05) is 38.0 Å². The van der Waals surface area contributed by atoms with E-state index in [2.05, 4.69) is 13.0 Å². The van der Waals surface area contributed by atoms with Crippen molar-refractivity contribution in [3.05, 3.63) is 24.3 Å². The van der Waals surface area contributed by atoms with Crippen LogP contribution in [0, 0.1) is 0 Å². The van der Waals surface area contributed by atoms with Gasteiger partial charge in [-0.3, -0.25) is 4.79 Å². The van der Waals surface area contributed by atoms with Crippen molar-refractivity contribution in [2.45, 2.75) is 39.5 Å². The van der Waals surface area contributed by atoms with E-state index in [-0.39, 0.29) is 5.97 Å². The molecule has 0 amide bonds. The number of allylic oxidation sites excluding steroid dienone is 3. The quantitative estimate of drug-likeness (QED) is 0.355.